The van der Waals surface area contributed by atoms with E-state index in [9.17, 15) is 19.2 Å². The minimum atomic E-state index is -0.329. The largest absolute Gasteiger partial charge is 0.309 e. The summed E-state index contributed by atoms with van der Waals surface area (Å²) >= 11 is 0. The maximum absolute atomic E-state index is 13.7. The Hall–Kier alpha value is -3.74. The molecule has 7 nitrogen and oxygen atoms in total. The van der Waals surface area contributed by atoms with Gasteiger partial charge in [0.2, 0.25) is 11.8 Å². The van der Waals surface area contributed by atoms with Crippen LogP contribution < -0.4 is 9.80 Å². The van der Waals surface area contributed by atoms with Gasteiger partial charge in [0.1, 0.15) is 6.54 Å². The van der Waals surface area contributed by atoms with Crippen LogP contribution in [0.3, 0.4) is 0 Å². The summed E-state index contributed by atoms with van der Waals surface area (Å²) < 4.78 is 0. The number of fused-ring (bicyclic) bond motifs is 1. The summed E-state index contributed by atoms with van der Waals surface area (Å²) in [6.45, 7) is 2.52. The van der Waals surface area contributed by atoms with Crippen LogP contribution in [-0.4, -0.2) is 41.6 Å². The van der Waals surface area contributed by atoms with Crippen LogP contribution in [0, 0.1) is 5.92 Å². The zero-order valence-electron chi connectivity index (χ0n) is 20.6. The lowest BCUT2D eigenvalue weighted by atomic mass is 9.99. The number of rotatable bonds is 4. The highest BCUT2D eigenvalue weighted by atomic mass is 16.2. The second-order valence-corrected chi connectivity index (χ2v) is 9.85. The first kappa shape index (κ1) is 24.0. The third-order valence-corrected chi connectivity index (χ3v) is 7.42. The van der Waals surface area contributed by atoms with Gasteiger partial charge in [-0.25, -0.2) is 0 Å². The number of imide groups is 1. The first-order valence-corrected chi connectivity index (χ1v) is 12.8. The fraction of sp³-hybridized carbons (Fsp3) is 0.379. The van der Waals surface area contributed by atoms with Crippen molar-refractivity contribution >= 4 is 35.0 Å². The molecule has 36 heavy (non-hydrogen) atoms. The molecule has 4 amide bonds. The zero-order chi connectivity index (χ0) is 25.2. The van der Waals surface area contributed by atoms with Crippen molar-refractivity contribution in [3.63, 3.8) is 0 Å². The molecule has 0 radical (unpaired) electrons. The lowest BCUT2D eigenvalue weighted by molar-refractivity contribution is -0.141. The number of hydrogen-bond acceptors (Lipinski definition) is 4. The Morgan fingerprint density at radius 3 is 2.14 bits per heavy atom. The summed E-state index contributed by atoms with van der Waals surface area (Å²) in [4.78, 5) is 57.5. The van der Waals surface area contributed by atoms with Crippen molar-refractivity contribution in [1.82, 2.24) is 4.90 Å². The van der Waals surface area contributed by atoms with Gasteiger partial charge >= 0.3 is 0 Å². The molecule has 186 valence electrons. The van der Waals surface area contributed by atoms with E-state index in [0.29, 0.717) is 48.5 Å². The van der Waals surface area contributed by atoms with Crippen LogP contribution >= 0.6 is 0 Å². The Morgan fingerprint density at radius 1 is 0.806 bits per heavy atom. The molecule has 0 saturated heterocycles. The molecule has 1 aliphatic carbocycles. The normalized spacial score (nSPS) is 20.6. The fourth-order valence-corrected chi connectivity index (χ4v) is 5.46. The molecule has 7 heteroatoms. The van der Waals surface area contributed by atoms with Gasteiger partial charge in [-0.15, -0.1) is 0 Å². The number of anilines is 2. The molecule has 2 heterocycles. The second kappa shape index (κ2) is 10.1. The van der Waals surface area contributed by atoms with Gasteiger partial charge in [-0.3, -0.25) is 24.1 Å². The Morgan fingerprint density at radius 2 is 1.44 bits per heavy atom. The molecule has 3 aliphatic rings. The molecule has 2 aliphatic heterocycles. The molecule has 1 atom stereocenters. The van der Waals surface area contributed by atoms with Crippen molar-refractivity contribution < 1.29 is 19.2 Å². The number of nitrogens with zero attached hydrogens (tertiary/aromatic N) is 3. The van der Waals surface area contributed by atoms with Crippen molar-refractivity contribution in [2.24, 2.45) is 5.92 Å². The van der Waals surface area contributed by atoms with Crippen molar-refractivity contribution in [1.29, 1.82) is 0 Å². The Balaban J connectivity index is 1.47. The van der Waals surface area contributed by atoms with Crippen molar-refractivity contribution in [2.45, 2.75) is 52.0 Å². The summed E-state index contributed by atoms with van der Waals surface area (Å²) in [5.41, 5.74) is 3.43. The lowest BCUT2D eigenvalue weighted by Gasteiger charge is -2.34. The van der Waals surface area contributed by atoms with Crippen LogP contribution in [0.5, 0.6) is 0 Å². The van der Waals surface area contributed by atoms with Crippen LogP contribution in [0.1, 0.15) is 51.0 Å². The number of likely N-dealkylation sites (tertiary alicyclic amines) is 1. The topological polar surface area (TPSA) is 78.0 Å². The highest BCUT2D eigenvalue weighted by Crippen LogP contribution is 2.36. The van der Waals surface area contributed by atoms with Crippen molar-refractivity contribution in [3.8, 4) is 0 Å². The zero-order valence-corrected chi connectivity index (χ0v) is 20.6. The SMILES string of the molecule is CC1CCCCN(C(=O)CN2C(=O)C3=C(CCC3)C2=O)c2ccccc2N(Cc2ccccc2)C1=O. The van der Waals surface area contributed by atoms with E-state index in [4.69, 9.17) is 0 Å². The molecule has 1 unspecified atom stereocenters. The third kappa shape index (κ3) is 4.45. The van der Waals surface area contributed by atoms with Crippen LogP contribution in [0.25, 0.3) is 0 Å². The van der Waals surface area contributed by atoms with Crippen molar-refractivity contribution in [3.05, 3.63) is 71.3 Å². The molecule has 5 rings (SSSR count). The van der Waals surface area contributed by atoms with Crippen LogP contribution in [0.15, 0.2) is 65.7 Å². The van der Waals surface area contributed by atoms with E-state index < -0.39 is 0 Å². The van der Waals surface area contributed by atoms with Gasteiger partial charge in [0.25, 0.3) is 11.8 Å². The second-order valence-electron chi connectivity index (χ2n) is 9.85. The standard InChI is InChI=1S/C29H31N3O4/c1-20-10-7-8-17-30(26(33)19-32-28(35)22-13-9-14-23(22)29(32)36)24-15-5-6-16-25(24)31(27(20)34)18-21-11-3-2-4-12-21/h2-6,11-12,15-16,20H,7-10,13-14,17-19H2,1H3. The average molecular weight is 486 g/mol. The molecule has 0 saturated carbocycles. The van der Waals surface area contributed by atoms with E-state index in [0.717, 1.165) is 36.1 Å². The molecule has 2 aromatic carbocycles. The first-order chi connectivity index (χ1) is 17.5. The maximum Gasteiger partial charge on any atom is 0.257 e. The average Bonchev–Trinajstić information content (AvgIpc) is 3.46. The first-order valence-electron chi connectivity index (χ1n) is 12.8. The smallest absolute Gasteiger partial charge is 0.257 e. The third-order valence-electron chi connectivity index (χ3n) is 7.42. The quantitative estimate of drug-likeness (QED) is 0.608. The molecule has 0 aromatic heterocycles. The van der Waals surface area contributed by atoms with E-state index in [1.807, 2.05) is 61.5 Å². The predicted molar refractivity (Wildman–Crippen MR) is 137 cm³/mol. The molecule has 0 fully saturated rings. The van der Waals surface area contributed by atoms with E-state index in [1.165, 1.54) is 0 Å². The molecule has 2 aromatic rings. The summed E-state index contributed by atoms with van der Waals surface area (Å²) in [5, 5.41) is 0. The lowest BCUT2D eigenvalue weighted by Crippen LogP contribution is -2.45. The number of hydrogen-bond donors (Lipinski definition) is 0. The highest BCUT2D eigenvalue weighted by molar-refractivity contribution is 6.21. The minimum absolute atomic E-state index is 0.0196. The molecule has 0 N–H and O–H groups in total. The molecular weight excluding hydrogens is 454 g/mol. The van der Waals surface area contributed by atoms with Gasteiger partial charge in [0, 0.05) is 23.6 Å². The van der Waals surface area contributed by atoms with Crippen LogP contribution in [0.4, 0.5) is 11.4 Å². The van der Waals surface area contributed by atoms with Gasteiger partial charge in [-0.05, 0) is 49.8 Å². The molecule has 0 spiro atoms. The number of carbonyl (C=O) groups is 4. The van der Waals surface area contributed by atoms with Gasteiger partial charge in [-0.1, -0.05) is 55.8 Å². The van der Waals surface area contributed by atoms with Crippen LogP contribution in [-0.2, 0) is 25.7 Å². The van der Waals surface area contributed by atoms with Gasteiger partial charge in [-0.2, -0.15) is 0 Å². The number of benzene rings is 2. The Kier molecular flexibility index (Phi) is 6.72. The van der Waals surface area contributed by atoms with Gasteiger partial charge in [0.15, 0.2) is 0 Å². The minimum Gasteiger partial charge on any atom is -0.309 e. The van der Waals surface area contributed by atoms with Gasteiger partial charge < -0.3 is 9.80 Å². The molecular formula is C29H31N3O4. The predicted octanol–water partition coefficient (Wildman–Crippen LogP) is 4.22. The van der Waals surface area contributed by atoms with Gasteiger partial charge in [0.05, 0.1) is 17.9 Å². The monoisotopic (exact) mass is 485 g/mol. The maximum atomic E-state index is 13.7. The number of para-hydroxylation sites is 2. The number of carbonyl (C=O) groups excluding carboxylic acids is 4. The molecule has 0 bridgehead atoms. The van der Waals surface area contributed by atoms with E-state index in [-0.39, 0.29) is 36.1 Å². The van der Waals surface area contributed by atoms with E-state index in [1.54, 1.807) is 9.80 Å². The summed E-state index contributed by atoms with van der Waals surface area (Å²) in [5.74, 6) is -1.09. The summed E-state index contributed by atoms with van der Waals surface area (Å²) in [6, 6.07) is 17.2. The van der Waals surface area contributed by atoms with E-state index in [2.05, 4.69) is 0 Å². The van der Waals surface area contributed by atoms with Crippen molar-refractivity contribution in [2.75, 3.05) is 22.9 Å². The van der Waals surface area contributed by atoms with Crippen LogP contribution in [0.2, 0.25) is 0 Å². The highest BCUT2D eigenvalue weighted by Gasteiger charge is 2.41. The number of amides is 4. The summed E-state index contributed by atoms with van der Waals surface area (Å²) in [6.07, 6.45) is 4.28. The fourth-order valence-electron chi connectivity index (χ4n) is 5.46. The summed E-state index contributed by atoms with van der Waals surface area (Å²) in [7, 11) is 0. The van der Waals surface area contributed by atoms with E-state index >= 15 is 0 Å². The Bertz CT molecular complexity index is 1210. The Labute approximate surface area is 211 Å².